The van der Waals surface area contributed by atoms with Gasteiger partial charge in [-0.3, -0.25) is 4.79 Å². The first-order chi connectivity index (χ1) is 9.52. The van der Waals surface area contributed by atoms with Crippen molar-refractivity contribution in [2.45, 2.75) is 75.0 Å². The Bertz CT molecular complexity index is 265. The zero-order valence-corrected chi connectivity index (χ0v) is 14.1. The van der Waals surface area contributed by atoms with Crippen molar-refractivity contribution in [3.63, 3.8) is 0 Å². The van der Waals surface area contributed by atoms with E-state index in [0.29, 0.717) is 12.8 Å². The van der Waals surface area contributed by atoms with Crippen LogP contribution in [0.25, 0.3) is 0 Å². The van der Waals surface area contributed by atoms with Gasteiger partial charge in [0.1, 0.15) is 4.33 Å². The van der Waals surface area contributed by atoms with E-state index in [1.54, 1.807) is 6.08 Å². The minimum absolute atomic E-state index is 0.102. The number of esters is 1. The Hall–Kier alpha value is -0.210. The van der Waals surface area contributed by atoms with Gasteiger partial charge in [-0.2, -0.15) is 0 Å². The van der Waals surface area contributed by atoms with Crippen molar-refractivity contribution < 1.29 is 9.53 Å². The average Bonchev–Trinajstić information content (AvgIpc) is 2.40. The molecule has 2 nitrogen and oxygen atoms in total. The van der Waals surface area contributed by atoms with Crippen LogP contribution in [0.15, 0.2) is 12.7 Å². The number of unbranched alkanes of at least 4 members (excludes halogenated alkanes) is 7. The van der Waals surface area contributed by atoms with Crippen molar-refractivity contribution in [2.24, 2.45) is 0 Å². The monoisotopic (exact) mass is 322 g/mol. The standard InChI is InChI=1S/C16H28Cl2O2/c1-3-13-16(17,18)14-11-9-7-5-4-6-8-10-12-15(19)20-2/h3H,1,4-14H2,2H3. The summed E-state index contributed by atoms with van der Waals surface area (Å²) in [5.74, 6) is -0.102. The van der Waals surface area contributed by atoms with E-state index in [9.17, 15) is 4.79 Å². The van der Waals surface area contributed by atoms with Crippen molar-refractivity contribution in [3.05, 3.63) is 12.7 Å². The Morgan fingerprint density at radius 3 is 2.05 bits per heavy atom. The van der Waals surface area contributed by atoms with Crippen LogP contribution < -0.4 is 0 Å². The van der Waals surface area contributed by atoms with Gasteiger partial charge in [0, 0.05) is 6.42 Å². The first kappa shape index (κ1) is 19.8. The SMILES string of the molecule is C=CCC(Cl)(Cl)CCCCCCCCCCC(=O)OC. The fourth-order valence-corrected chi connectivity index (χ4v) is 2.61. The summed E-state index contributed by atoms with van der Waals surface area (Å²) in [5, 5.41) is 0. The minimum atomic E-state index is -0.629. The number of hydrogen-bond donors (Lipinski definition) is 0. The molecule has 0 atom stereocenters. The third-order valence-electron chi connectivity index (χ3n) is 3.34. The van der Waals surface area contributed by atoms with Crippen LogP contribution in [-0.4, -0.2) is 17.4 Å². The summed E-state index contributed by atoms with van der Waals surface area (Å²) in [6.07, 6.45) is 13.0. The molecular formula is C16H28Cl2O2. The summed E-state index contributed by atoms with van der Waals surface area (Å²) in [6.45, 7) is 3.66. The highest BCUT2D eigenvalue weighted by atomic mass is 35.5. The molecule has 0 aliphatic rings. The van der Waals surface area contributed by atoms with Gasteiger partial charge in [-0.25, -0.2) is 0 Å². The van der Waals surface area contributed by atoms with E-state index in [-0.39, 0.29) is 5.97 Å². The highest BCUT2D eigenvalue weighted by Crippen LogP contribution is 2.31. The first-order valence-corrected chi connectivity index (χ1v) is 8.33. The van der Waals surface area contributed by atoms with Gasteiger partial charge in [0.05, 0.1) is 7.11 Å². The van der Waals surface area contributed by atoms with Gasteiger partial charge in [-0.1, -0.05) is 51.0 Å². The Balaban J connectivity index is 3.25. The van der Waals surface area contributed by atoms with E-state index in [1.165, 1.54) is 39.2 Å². The van der Waals surface area contributed by atoms with E-state index in [0.717, 1.165) is 25.7 Å². The molecule has 0 aliphatic carbocycles. The molecule has 0 aromatic carbocycles. The Morgan fingerprint density at radius 1 is 1.05 bits per heavy atom. The number of ether oxygens (including phenoxy) is 1. The van der Waals surface area contributed by atoms with Crippen molar-refractivity contribution in [3.8, 4) is 0 Å². The van der Waals surface area contributed by atoms with Crippen molar-refractivity contribution in [1.29, 1.82) is 0 Å². The summed E-state index contributed by atoms with van der Waals surface area (Å²) >= 11 is 12.3. The van der Waals surface area contributed by atoms with Crippen LogP contribution in [0.2, 0.25) is 0 Å². The van der Waals surface area contributed by atoms with Crippen molar-refractivity contribution >= 4 is 29.2 Å². The fourth-order valence-electron chi connectivity index (χ4n) is 2.13. The van der Waals surface area contributed by atoms with Gasteiger partial charge in [0.25, 0.3) is 0 Å². The molecule has 0 saturated heterocycles. The van der Waals surface area contributed by atoms with Gasteiger partial charge in [-0.05, 0) is 19.3 Å². The van der Waals surface area contributed by atoms with Crippen LogP contribution in [0.4, 0.5) is 0 Å². The minimum Gasteiger partial charge on any atom is -0.469 e. The summed E-state index contributed by atoms with van der Waals surface area (Å²) < 4.78 is 3.97. The quantitative estimate of drug-likeness (QED) is 0.185. The number of methoxy groups -OCH3 is 1. The number of carbonyl (C=O) groups excluding carboxylic acids is 1. The van der Waals surface area contributed by atoms with Crippen LogP contribution in [0.1, 0.15) is 70.6 Å². The second kappa shape index (κ2) is 12.5. The third-order valence-corrected chi connectivity index (χ3v) is 4.03. The number of alkyl halides is 2. The second-order valence-corrected chi connectivity index (χ2v) is 6.89. The molecule has 0 amide bonds. The highest BCUT2D eigenvalue weighted by molar-refractivity contribution is 6.48. The van der Waals surface area contributed by atoms with Crippen molar-refractivity contribution in [2.75, 3.05) is 7.11 Å². The zero-order valence-electron chi connectivity index (χ0n) is 12.6. The molecule has 0 spiro atoms. The van der Waals surface area contributed by atoms with Crippen LogP contribution >= 0.6 is 23.2 Å². The van der Waals surface area contributed by atoms with Crippen LogP contribution in [0.5, 0.6) is 0 Å². The predicted molar refractivity (Wildman–Crippen MR) is 87.4 cm³/mol. The highest BCUT2D eigenvalue weighted by Gasteiger charge is 2.20. The molecule has 0 aromatic heterocycles. The molecule has 0 heterocycles. The maximum Gasteiger partial charge on any atom is 0.305 e. The lowest BCUT2D eigenvalue weighted by atomic mass is 10.0. The van der Waals surface area contributed by atoms with Gasteiger partial charge in [-0.15, -0.1) is 29.8 Å². The smallest absolute Gasteiger partial charge is 0.305 e. The molecule has 0 unspecified atom stereocenters. The largest absolute Gasteiger partial charge is 0.469 e. The number of halogens is 2. The molecule has 0 radical (unpaired) electrons. The topological polar surface area (TPSA) is 26.3 Å². The van der Waals surface area contributed by atoms with Crippen LogP contribution in [0.3, 0.4) is 0 Å². The summed E-state index contributed by atoms with van der Waals surface area (Å²) in [4.78, 5) is 10.9. The second-order valence-electron chi connectivity index (χ2n) is 5.25. The maximum atomic E-state index is 10.9. The van der Waals surface area contributed by atoms with E-state index in [2.05, 4.69) is 11.3 Å². The number of carbonyl (C=O) groups is 1. The molecule has 0 N–H and O–H groups in total. The molecule has 0 saturated carbocycles. The van der Waals surface area contributed by atoms with E-state index >= 15 is 0 Å². The number of hydrogen-bond acceptors (Lipinski definition) is 2. The number of rotatable bonds is 13. The molecule has 0 bridgehead atoms. The molecule has 0 aromatic rings. The Kier molecular flexibility index (Phi) is 12.4. The predicted octanol–water partition coefficient (Wildman–Crippen LogP) is 5.81. The van der Waals surface area contributed by atoms with E-state index in [4.69, 9.17) is 23.2 Å². The van der Waals surface area contributed by atoms with Crippen LogP contribution in [-0.2, 0) is 9.53 Å². The van der Waals surface area contributed by atoms with Gasteiger partial charge in [0.15, 0.2) is 0 Å². The molecule has 4 heteroatoms. The summed E-state index contributed by atoms with van der Waals surface area (Å²) in [5.41, 5.74) is 0. The fraction of sp³-hybridized carbons (Fsp3) is 0.812. The molecule has 0 rings (SSSR count). The lowest BCUT2D eigenvalue weighted by Gasteiger charge is -2.16. The third kappa shape index (κ3) is 12.8. The molecule has 0 aliphatic heterocycles. The lowest BCUT2D eigenvalue weighted by Crippen LogP contribution is -2.10. The molecule has 20 heavy (non-hydrogen) atoms. The van der Waals surface area contributed by atoms with Gasteiger partial charge in [0.2, 0.25) is 0 Å². The Morgan fingerprint density at radius 2 is 1.55 bits per heavy atom. The molecule has 118 valence electrons. The van der Waals surface area contributed by atoms with Gasteiger partial charge < -0.3 is 4.74 Å². The summed E-state index contributed by atoms with van der Waals surface area (Å²) in [7, 11) is 1.44. The van der Waals surface area contributed by atoms with Gasteiger partial charge >= 0.3 is 5.97 Å². The summed E-state index contributed by atoms with van der Waals surface area (Å²) in [6, 6.07) is 0. The zero-order chi connectivity index (χ0) is 15.3. The van der Waals surface area contributed by atoms with E-state index in [1.807, 2.05) is 0 Å². The lowest BCUT2D eigenvalue weighted by molar-refractivity contribution is -0.140. The maximum absolute atomic E-state index is 10.9. The van der Waals surface area contributed by atoms with Crippen LogP contribution in [0, 0.1) is 0 Å². The molecule has 0 fully saturated rings. The van der Waals surface area contributed by atoms with Crippen molar-refractivity contribution in [1.82, 2.24) is 0 Å². The first-order valence-electron chi connectivity index (χ1n) is 7.57. The Labute approximate surface area is 133 Å². The average molecular weight is 323 g/mol. The van der Waals surface area contributed by atoms with E-state index < -0.39 is 4.33 Å². The number of allylic oxidation sites excluding steroid dienone is 1. The normalized spacial score (nSPS) is 11.3. The molecular weight excluding hydrogens is 295 g/mol.